The molecule has 2 unspecified atom stereocenters. The van der Waals surface area contributed by atoms with E-state index in [0.717, 1.165) is 12.0 Å². The maximum atomic E-state index is 12.4. The number of rotatable bonds is 7. The number of aromatic nitrogens is 2. The molecule has 0 aliphatic carbocycles. The van der Waals surface area contributed by atoms with E-state index >= 15 is 0 Å². The van der Waals surface area contributed by atoms with Gasteiger partial charge in [0.05, 0.1) is 6.04 Å². The molecular formula is C20H27N3O3. The Morgan fingerprint density at radius 3 is 2.23 bits per heavy atom. The fraction of sp³-hybridized carbons (Fsp3) is 0.450. The Morgan fingerprint density at radius 1 is 1.08 bits per heavy atom. The third-order valence-electron chi connectivity index (χ3n) is 4.67. The third-order valence-corrected chi connectivity index (χ3v) is 4.67. The van der Waals surface area contributed by atoms with E-state index < -0.39 is 11.2 Å². The summed E-state index contributed by atoms with van der Waals surface area (Å²) < 4.78 is 1.18. The van der Waals surface area contributed by atoms with Gasteiger partial charge in [-0.25, -0.2) is 4.79 Å². The SMILES string of the molecule is CCC(C)c1ccc(C(NC(=O)Cn2ccc(=O)[nH]c2=O)C(C)C)cc1. The summed E-state index contributed by atoms with van der Waals surface area (Å²) in [6.07, 6.45) is 2.41. The largest absolute Gasteiger partial charge is 0.347 e. The molecule has 1 aromatic carbocycles. The van der Waals surface area contributed by atoms with Crippen molar-refractivity contribution in [3.8, 4) is 0 Å². The number of amides is 1. The molecule has 1 heterocycles. The van der Waals surface area contributed by atoms with Crippen molar-refractivity contribution in [1.82, 2.24) is 14.9 Å². The lowest BCUT2D eigenvalue weighted by molar-refractivity contribution is -0.122. The Hall–Kier alpha value is -2.63. The molecule has 0 saturated carbocycles. The molecule has 2 rings (SSSR count). The first-order valence-electron chi connectivity index (χ1n) is 9.00. The van der Waals surface area contributed by atoms with E-state index in [1.165, 1.54) is 22.4 Å². The Balaban J connectivity index is 2.13. The van der Waals surface area contributed by atoms with Crippen LogP contribution in [-0.4, -0.2) is 15.5 Å². The Bertz CT molecular complexity index is 850. The van der Waals surface area contributed by atoms with Gasteiger partial charge >= 0.3 is 5.69 Å². The molecule has 0 radical (unpaired) electrons. The molecule has 0 aliphatic heterocycles. The second kappa shape index (κ2) is 8.65. The predicted molar refractivity (Wildman–Crippen MR) is 102 cm³/mol. The van der Waals surface area contributed by atoms with Gasteiger partial charge in [0, 0.05) is 12.3 Å². The molecule has 0 bridgehead atoms. The fourth-order valence-electron chi connectivity index (χ4n) is 2.85. The summed E-state index contributed by atoms with van der Waals surface area (Å²) in [7, 11) is 0. The molecule has 6 heteroatoms. The summed E-state index contributed by atoms with van der Waals surface area (Å²) in [5.74, 6) is 0.424. The topological polar surface area (TPSA) is 84.0 Å². The van der Waals surface area contributed by atoms with Crippen molar-refractivity contribution in [3.05, 3.63) is 68.5 Å². The highest BCUT2D eigenvalue weighted by atomic mass is 16.2. The quantitative estimate of drug-likeness (QED) is 0.799. The van der Waals surface area contributed by atoms with Gasteiger partial charge in [0.2, 0.25) is 5.91 Å². The van der Waals surface area contributed by atoms with Gasteiger partial charge < -0.3 is 5.32 Å². The maximum absolute atomic E-state index is 12.4. The summed E-state index contributed by atoms with van der Waals surface area (Å²) in [6.45, 7) is 8.30. The standard InChI is InChI=1S/C20H27N3O3/c1-5-14(4)15-6-8-16(9-7-15)19(13(2)3)21-18(25)12-23-11-10-17(24)22-20(23)26/h6-11,13-14,19H,5,12H2,1-4H3,(H,21,25)(H,22,24,26). The number of aromatic amines is 1. The van der Waals surface area contributed by atoms with Gasteiger partial charge in [-0.2, -0.15) is 0 Å². The first-order valence-corrected chi connectivity index (χ1v) is 9.00. The second-order valence-corrected chi connectivity index (χ2v) is 7.00. The molecule has 0 aliphatic rings. The molecule has 0 spiro atoms. The van der Waals surface area contributed by atoms with Gasteiger partial charge in [-0.15, -0.1) is 0 Å². The number of hydrogen-bond acceptors (Lipinski definition) is 3. The first-order chi connectivity index (χ1) is 12.3. The van der Waals surface area contributed by atoms with Gasteiger partial charge in [0.25, 0.3) is 5.56 Å². The van der Waals surface area contributed by atoms with Crippen LogP contribution in [-0.2, 0) is 11.3 Å². The van der Waals surface area contributed by atoms with Crippen molar-refractivity contribution in [2.24, 2.45) is 5.92 Å². The minimum atomic E-state index is -0.591. The molecule has 2 aromatic rings. The summed E-state index contributed by atoms with van der Waals surface area (Å²) in [5.41, 5.74) is 1.25. The lowest BCUT2D eigenvalue weighted by Crippen LogP contribution is -2.38. The van der Waals surface area contributed by atoms with Crippen LogP contribution in [0.3, 0.4) is 0 Å². The highest BCUT2D eigenvalue weighted by Gasteiger charge is 2.19. The van der Waals surface area contributed by atoms with Crippen LogP contribution in [0.1, 0.15) is 57.2 Å². The van der Waals surface area contributed by atoms with Gasteiger partial charge in [0.1, 0.15) is 6.54 Å². The van der Waals surface area contributed by atoms with Gasteiger partial charge in [-0.3, -0.25) is 19.1 Å². The van der Waals surface area contributed by atoms with Crippen LogP contribution in [0, 0.1) is 5.92 Å². The van der Waals surface area contributed by atoms with Crippen LogP contribution in [0.15, 0.2) is 46.1 Å². The molecule has 1 aromatic heterocycles. The molecule has 2 atom stereocenters. The maximum Gasteiger partial charge on any atom is 0.328 e. The van der Waals surface area contributed by atoms with E-state index in [1.54, 1.807) is 0 Å². The fourth-order valence-corrected chi connectivity index (χ4v) is 2.85. The number of hydrogen-bond donors (Lipinski definition) is 2. The van der Waals surface area contributed by atoms with Crippen molar-refractivity contribution in [3.63, 3.8) is 0 Å². The van der Waals surface area contributed by atoms with Crippen LogP contribution < -0.4 is 16.6 Å². The molecule has 1 amide bonds. The molecule has 0 saturated heterocycles. The average Bonchev–Trinajstić information content (AvgIpc) is 2.61. The van der Waals surface area contributed by atoms with Crippen molar-refractivity contribution in [2.45, 2.75) is 52.6 Å². The van der Waals surface area contributed by atoms with Crippen LogP contribution in [0.5, 0.6) is 0 Å². The smallest absolute Gasteiger partial charge is 0.328 e. The highest BCUT2D eigenvalue weighted by molar-refractivity contribution is 5.76. The molecule has 2 N–H and O–H groups in total. The zero-order valence-corrected chi connectivity index (χ0v) is 15.8. The van der Waals surface area contributed by atoms with Crippen molar-refractivity contribution < 1.29 is 4.79 Å². The highest BCUT2D eigenvalue weighted by Crippen LogP contribution is 2.25. The number of carbonyl (C=O) groups excluding carboxylic acids is 1. The number of nitrogens with one attached hydrogen (secondary N) is 2. The lowest BCUT2D eigenvalue weighted by atomic mass is 9.92. The minimum Gasteiger partial charge on any atom is -0.347 e. The van der Waals surface area contributed by atoms with E-state index in [4.69, 9.17) is 0 Å². The summed E-state index contributed by atoms with van der Waals surface area (Å²) in [5, 5.41) is 3.00. The van der Waals surface area contributed by atoms with E-state index in [1.807, 2.05) is 13.8 Å². The van der Waals surface area contributed by atoms with Crippen LogP contribution in [0.2, 0.25) is 0 Å². The molecule has 6 nitrogen and oxygen atoms in total. The molecule has 140 valence electrons. The van der Waals surface area contributed by atoms with Gasteiger partial charge in [-0.05, 0) is 29.4 Å². The van der Waals surface area contributed by atoms with Crippen LogP contribution in [0.4, 0.5) is 0 Å². The number of nitrogens with zero attached hydrogens (tertiary/aromatic N) is 1. The molecular weight excluding hydrogens is 330 g/mol. The van der Waals surface area contributed by atoms with E-state index in [9.17, 15) is 14.4 Å². The minimum absolute atomic E-state index is 0.135. The van der Waals surface area contributed by atoms with Crippen LogP contribution in [0.25, 0.3) is 0 Å². The Labute approximate surface area is 153 Å². The third kappa shape index (κ3) is 4.94. The molecule has 26 heavy (non-hydrogen) atoms. The first kappa shape index (κ1) is 19.7. The predicted octanol–water partition coefficient (Wildman–Crippen LogP) is 2.56. The monoisotopic (exact) mass is 357 g/mol. The van der Waals surface area contributed by atoms with Crippen LogP contribution >= 0.6 is 0 Å². The van der Waals surface area contributed by atoms with Gasteiger partial charge in [0.15, 0.2) is 0 Å². The summed E-state index contributed by atoms with van der Waals surface area (Å²) in [4.78, 5) is 37.4. The average molecular weight is 357 g/mol. The van der Waals surface area contributed by atoms with E-state index in [-0.39, 0.29) is 24.4 Å². The van der Waals surface area contributed by atoms with Gasteiger partial charge in [-0.1, -0.05) is 52.0 Å². The lowest BCUT2D eigenvalue weighted by Gasteiger charge is -2.24. The second-order valence-electron chi connectivity index (χ2n) is 7.00. The van der Waals surface area contributed by atoms with Crippen molar-refractivity contribution in [2.75, 3.05) is 0 Å². The zero-order chi connectivity index (χ0) is 19.3. The van der Waals surface area contributed by atoms with E-state index in [2.05, 4.69) is 48.4 Å². The Morgan fingerprint density at radius 2 is 1.69 bits per heavy atom. The summed E-state index contributed by atoms with van der Waals surface area (Å²) in [6, 6.07) is 9.40. The number of H-pyrrole nitrogens is 1. The van der Waals surface area contributed by atoms with E-state index in [0.29, 0.717) is 5.92 Å². The number of benzene rings is 1. The normalized spacial score (nSPS) is 13.4. The van der Waals surface area contributed by atoms with Crippen molar-refractivity contribution >= 4 is 5.91 Å². The zero-order valence-electron chi connectivity index (χ0n) is 15.8. The number of carbonyl (C=O) groups is 1. The van der Waals surface area contributed by atoms with Crippen molar-refractivity contribution in [1.29, 1.82) is 0 Å². The summed E-state index contributed by atoms with van der Waals surface area (Å²) >= 11 is 0. The Kier molecular flexibility index (Phi) is 6.55. The molecule has 0 fully saturated rings.